The number of fused-ring (bicyclic) bond motifs is 1. The van der Waals surface area contributed by atoms with Crippen molar-refractivity contribution in [2.24, 2.45) is 11.3 Å². The molecule has 33 heavy (non-hydrogen) atoms. The molecule has 1 aromatic heterocycles. The molecule has 2 fully saturated rings. The molecule has 0 radical (unpaired) electrons. The molecule has 1 amide bonds. The average molecular weight is 455 g/mol. The summed E-state index contributed by atoms with van der Waals surface area (Å²) in [4.78, 5) is 13.3. The lowest BCUT2D eigenvalue weighted by Crippen LogP contribution is -2.55. The van der Waals surface area contributed by atoms with Gasteiger partial charge in [-0.2, -0.15) is 13.2 Å². The molecule has 1 N–H and O–H groups in total. The van der Waals surface area contributed by atoms with Gasteiger partial charge in [0, 0.05) is 29.7 Å². The van der Waals surface area contributed by atoms with Crippen LogP contribution in [0.1, 0.15) is 66.6 Å². The molecule has 2 aromatic carbocycles. The van der Waals surface area contributed by atoms with Crippen LogP contribution in [0.5, 0.6) is 0 Å². The average Bonchev–Trinajstić information content (AvgIpc) is 3.11. The van der Waals surface area contributed by atoms with E-state index >= 15 is 0 Å². The maximum Gasteiger partial charge on any atom is 0.416 e. The second kappa shape index (κ2) is 7.93. The number of rotatable bonds is 5. The zero-order valence-corrected chi connectivity index (χ0v) is 19.0. The third-order valence-electron chi connectivity index (χ3n) is 7.51. The Kier molecular flexibility index (Phi) is 5.30. The summed E-state index contributed by atoms with van der Waals surface area (Å²) in [5, 5.41) is 4.13. The second-order valence-electron chi connectivity index (χ2n) is 10.1. The first kappa shape index (κ1) is 22.1. The van der Waals surface area contributed by atoms with Gasteiger partial charge in [-0.1, -0.05) is 31.2 Å². The third-order valence-corrected chi connectivity index (χ3v) is 7.51. The van der Waals surface area contributed by atoms with Gasteiger partial charge >= 0.3 is 6.18 Å². The van der Waals surface area contributed by atoms with Crippen LogP contribution in [0.4, 0.5) is 13.2 Å². The van der Waals surface area contributed by atoms with Crippen molar-refractivity contribution in [1.29, 1.82) is 0 Å². The number of nitrogens with one attached hydrogen (secondary N) is 1. The first-order valence-electron chi connectivity index (χ1n) is 11.8. The number of halogens is 3. The summed E-state index contributed by atoms with van der Waals surface area (Å²) in [5.41, 5.74) is 3.17. The number of benzene rings is 2. The predicted octanol–water partition coefficient (Wildman–Crippen LogP) is 6.58. The molecular weight excluding hydrogens is 425 g/mol. The highest BCUT2D eigenvalue weighted by atomic mass is 19.4. The molecule has 2 aliphatic carbocycles. The van der Waals surface area contributed by atoms with Crippen molar-refractivity contribution >= 4 is 16.8 Å². The summed E-state index contributed by atoms with van der Waals surface area (Å²) in [6.07, 6.45) is 2.70. The molecule has 2 saturated carbocycles. The second-order valence-corrected chi connectivity index (χ2v) is 10.1. The molecule has 0 saturated heterocycles. The minimum absolute atomic E-state index is 0.0562. The van der Waals surface area contributed by atoms with Crippen LogP contribution in [0, 0.1) is 11.3 Å². The van der Waals surface area contributed by atoms with E-state index in [1.54, 1.807) is 0 Å². The van der Waals surface area contributed by atoms with Gasteiger partial charge in [0.1, 0.15) is 0 Å². The highest BCUT2D eigenvalue weighted by molar-refractivity contribution is 6.08. The topological polar surface area (TPSA) is 34.0 Å². The lowest BCUT2D eigenvalue weighted by Gasteiger charge is -2.57. The van der Waals surface area contributed by atoms with E-state index in [0.29, 0.717) is 17.4 Å². The van der Waals surface area contributed by atoms with E-state index in [2.05, 4.69) is 16.8 Å². The Labute approximate surface area is 192 Å². The Balaban J connectivity index is 1.40. The Hall–Kier alpha value is -2.76. The highest BCUT2D eigenvalue weighted by Gasteiger charge is 2.51. The number of hydrogen-bond donors (Lipinski definition) is 1. The van der Waals surface area contributed by atoms with Crippen molar-refractivity contribution in [2.75, 3.05) is 0 Å². The highest BCUT2D eigenvalue weighted by Crippen LogP contribution is 2.58. The molecule has 0 bridgehead atoms. The smallest absolute Gasteiger partial charge is 0.349 e. The number of amides is 1. The number of nitrogens with zero attached hydrogens (tertiary/aromatic N) is 1. The van der Waals surface area contributed by atoms with Gasteiger partial charge in [0.05, 0.1) is 11.1 Å². The zero-order valence-electron chi connectivity index (χ0n) is 19.0. The minimum Gasteiger partial charge on any atom is -0.349 e. The van der Waals surface area contributed by atoms with Crippen molar-refractivity contribution < 1.29 is 18.0 Å². The SMILES string of the molecule is CCn1cc(C(=O)NC2CC3(CC(C)C3)C2)c2c(Cc3ccc(C(F)(F)F)cc3)cccc21. The van der Waals surface area contributed by atoms with Crippen LogP contribution in [0.3, 0.4) is 0 Å². The standard InChI is InChI=1S/C27H29F3N2O/c1-3-32-16-22(25(33)31-21-14-26(15-21)12-17(2)13-26)24-19(5-4-6-23(24)32)11-18-7-9-20(10-8-18)27(28,29)30/h4-10,16-17,21H,3,11-15H2,1-2H3,(H,31,33). The molecule has 174 valence electrons. The normalized spacial score (nSPS) is 24.5. The van der Waals surface area contributed by atoms with E-state index in [9.17, 15) is 18.0 Å². The number of aromatic nitrogens is 1. The molecule has 0 aliphatic heterocycles. The summed E-state index contributed by atoms with van der Waals surface area (Å²) >= 11 is 0. The fraction of sp³-hybridized carbons (Fsp3) is 0.444. The van der Waals surface area contributed by atoms with Gasteiger partial charge in [-0.15, -0.1) is 0 Å². The van der Waals surface area contributed by atoms with Crippen molar-refractivity contribution in [2.45, 2.75) is 64.7 Å². The van der Waals surface area contributed by atoms with Crippen molar-refractivity contribution in [3.63, 3.8) is 0 Å². The van der Waals surface area contributed by atoms with Gasteiger partial charge in [-0.3, -0.25) is 4.79 Å². The number of aryl methyl sites for hydroxylation is 1. The van der Waals surface area contributed by atoms with Crippen molar-refractivity contribution in [3.05, 3.63) is 70.9 Å². The zero-order chi connectivity index (χ0) is 23.4. The molecule has 1 heterocycles. The van der Waals surface area contributed by atoms with Gasteiger partial charge in [0.2, 0.25) is 0 Å². The number of alkyl halides is 3. The van der Waals surface area contributed by atoms with Gasteiger partial charge in [0.15, 0.2) is 0 Å². The fourth-order valence-corrected chi connectivity index (χ4v) is 6.14. The Morgan fingerprint density at radius 3 is 2.39 bits per heavy atom. The molecule has 5 rings (SSSR count). The summed E-state index contributed by atoms with van der Waals surface area (Å²) < 4.78 is 40.8. The first-order chi connectivity index (χ1) is 15.7. The monoisotopic (exact) mass is 454 g/mol. The van der Waals surface area contributed by atoms with Gasteiger partial charge in [-0.25, -0.2) is 0 Å². The van der Waals surface area contributed by atoms with Gasteiger partial charge in [-0.05, 0) is 79.7 Å². The quantitative estimate of drug-likeness (QED) is 0.464. The van der Waals surface area contributed by atoms with Crippen molar-refractivity contribution in [3.8, 4) is 0 Å². The number of carbonyl (C=O) groups excluding carboxylic acids is 1. The van der Waals surface area contributed by atoms with E-state index < -0.39 is 11.7 Å². The van der Waals surface area contributed by atoms with E-state index in [-0.39, 0.29) is 11.9 Å². The maximum absolute atomic E-state index is 13.3. The van der Waals surface area contributed by atoms with Crippen LogP contribution in [-0.2, 0) is 19.1 Å². The third kappa shape index (κ3) is 4.04. The molecule has 3 nitrogen and oxygen atoms in total. The summed E-state index contributed by atoms with van der Waals surface area (Å²) in [5.74, 6) is 0.747. The summed E-state index contributed by atoms with van der Waals surface area (Å²) in [7, 11) is 0. The van der Waals surface area contributed by atoms with Crippen molar-refractivity contribution in [1.82, 2.24) is 9.88 Å². The molecule has 1 spiro atoms. The lowest BCUT2D eigenvalue weighted by atomic mass is 9.50. The van der Waals surface area contributed by atoms with Crippen LogP contribution in [-0.4, -0.2) is 16.5 Å². The Morgan fingerprint density at radius 1 is 1.09 bits per heavy atom. The number of carbonyl (C=O) groups is 1. The predicted molar refractivity (Wildman–Crippen MR) is 123 cm³/mol. The molecule has 3 aromatic rings. The Morgan fingerprint density at radius 2 is 1.79 bits per heavy atom. The van der Waals surface area contributed by atoms with Gasteiger partial charge in [0.25, 0.3) is 5.91 Å². The van der Waals surface area contributed by atoms with E-state index in [1.165, 1.54) is 25.0 Å². The lowest BCUT2D eigenvalue weighted by molar-refractivity contribution is -0.137. The minimum atomic E-state index is -4.35. The molecular formula is C27H29F3N2O. The molecule has 6 heteroatoms. The van der Waals surface area contributed by atoms with Crippen LogP contribution in [0.25, 0.3) is 10.9 Å². The fourth-order valence-electron chi connectivity index (χ4n) is 6.14. The van der Waals surface area contributed by atoms with Gasteiger partial charge < -0.3 is 9.88 Å². The molecule has 0 unspecified atom stereocenters. The van der Waals surface area contributed by atoms with Crippen LogP contribution in [0.15, 0.2) is 48.7 Å². The molecule has 0 atom stereocenters. The van der Waals surface area contributed by atoms with Crippen LogP contribution < -0.4 is 5.32 Å². The first-order valence-corrected chi connectivity index (χ1v) is 11.8. The van der Waals surface area contributed by atoms with E-state index in [4.69, 9.17) is 0 Å². The summed E-state index contributed by atoms with van der Waals surface area (Å²) in [6.45, 7) is 5.06. The maximum atomic E-state index is 13.3. The summed E-state index contributed by atoms with van der Waals surface area (Å²) in [6, 6.07) is 11.4. The van der Waals surface area contributed by atoms with E-state index in [0.717, 1.165) is 59.5 Å². The largest absolute Gasteiger partial charge is 0.416 e. The van der Waals surface area contributed by atoms with Crippen LogP contribution >= 0.6 is 0 Å². The Bertz CT molecular complexity index is 1180. The van der Waals surface area contributed by atoms with Crippen LogP contribution in [0.2, 0.25) is 0 Å². The number of hydrogen-bond acceptors (Lipinski definition) is 1. The van der Waals surface area contributed by atoms with E-state index in [1.807, 2.05) is 31.3 Å². The molecule has 2 aliphatic rings.